The lowest BCUT2D eigenvalue weighted by Gasteiger charge is -2.41. The van der Waals surface area contributed by atoms with Gasteiger partial charge in [0.1, 0.15) is 33.5 Å². The highest BCUT2D eigenvalue weighted by Crippen LogP contribution is 2.58. The highest BCUT2D eigenvalue weighted by Gasteiger charge is 2.50. The normalized spacial score (nSPS) is 13.6. The predicted molar refractivity (Wildman–Crippen MR) is 605 cm³/mol. The first-order chi connectivity index (χ1) is 71.4. The summed E-state index contributed by atoms with van der Waals surface area (Å²) in [6.07, 6.45) is 0. The summed E-state index contributed by atoms with van der Waals surface area (Å²) in [5.41, 5.74) is 41.6. The third-order valence-corrected chi connectivity index (χ3v) is 33.7. The van der Waals surface area contributed by atoms with Crippen molar-refractivity contribution in [3.05, 3.63) is 431 Å². The van der Waals surface area contributed by atoms with Crippen molar-refractivity contribution >= 4 is 300 Å². The lowest BCUT2D eigenvalue weighted by atomic mass is 9.44. The molecule has 0 spiro atoms. The summed E-state index contributed by atoms with van der Waals surface area (Å²) < 4.78 is 30.3. The molecule has 0 radical (unpaired) electrons. The summed E-state index contributed by atoms with van der Waals surface area (Å²) in [5.74, 6) is 0. The van der Waals surface area contributed by atoms with E-state index >= 15 is 0 Å². The summed E-state index contributed by atoms with van der Waals surface area (Å²) in [7, 11) is 0. The summed E-state index contributed by atoms with van der Waals surface area (Å²) in [5, 5.41) is 28.1. The van der Waals surface area contributed by atoms with Gasteiger partial charge in [-0.1, -0.05) is 309 Å². The fraction of sp³-hybridized carbons (Fsp3) is 0. The van der Waals surface area contributed by atoms with Crippen molar-refractivity contribution in [3.8, 4) is 55.6 Å². The Balaban J connectivity index is 0.548. The number of benzene rings is 24. The number of hydrogen-bond donors (Lipinski definition) is 0. The fourth-order valence-corrected chi connectivity index (χ4v) is 27.9. The maximum atomic E-state index is 7.68. The minimum Gasteiger partial charge on any atom is -0.456 e. The molecule has 24 aromatic carbocycles. The smallest absolute Gasteiger partial charge is 0.333 e. The summed E-state index contributed by atoms with van der Waals surface area (Å²) >= 11 is 0. The highest BCUT2D eigenvalue weighted by atomic mass is 16.3. The van der Waals surface area contributed by atoms with Crippen LogP contribution >= 0.6 is 0 Å². The van der Waals surface area contributed by atoms with Gasteiger partial charge in [-0.15, -0.1) is 0 Å². The second-order valence-electron chi connectivity index (χ2n) is 40.6. The van der Waals surface area contributed by atoms with Gasteiger partial charge in [0.2, 0.25) is 0 Å². The summed E-state index contributed by atoms with van der Waals surface area (Å²) in [6.45, 7) is -0.665. The van der Waals surface area contributed by atoms with Crippen LogP contribution in [-0.4, -0.2) is 34.0 Å². The van der Waals surface area contributed by atoms with Crippen LogP contribution < -0.4 is 47.5 Å². The lowest BCUT2D eigenvalue weighted by molar-refractivity contribution is 0.669. The molecule has 144 heavy (non-hydrogen) atoms. The number of hydrogen-bond acceptors (Lipinski definition) is 6. The number of aromatic nitrogens is 3. The molecule has 0 N–H and O–H groups in total. The zero-order valence-electron chi connectivity index (χ0n) is 77.1. The molecule has 0 bridgehead atoms. The Hall–Kier alpha value is -18.8. The molecule has 6 aromatic heterocycles. The molecule has 30 aromatic rings. The molecule has 656 valence electrons. The van der Waals surface area contributed by atoms with Crippen LogP contribution in [0.1, 0.15) is 0 Å². The van der Waals surface area contributed by atoms with Crippen LogP contribution in [-0.2, 0) is 0 Å². The zero-order valence-corrected chi connectivity index (χ0v) is 77.1. The molecule has 0 fully saturated rings. The fourth-order valence-electron chi connectivity index (χ4n) is 27.9. The molecule has 36 rings (SSSR count). The minimum atomic E-state index is -0.284. The number of anilines is 9. The molecule has 12 heterocycles. The molecule has 6 aliphatic rings. The number of nitrogens with zero attached hydrogens (tertiary/aromatic N) is 6. The molecule has 0 unspecified atom stereocenters. The van der Waals surface area contributed by atoms with E-state index < -0.39 is 0 Å². The van der Waals surface area contributed by atoms with Gasteiger partial charge >= 0.3 is 20.5 Å². The van der Waals surface area contributed by atoms with Crippen molar-refractivity contribution in [2.75, 3.05) is 14.7 Å². The van der Waals surface area contributed by atoms with Crippen LogP contribution in [0.15, 0.2) is 444 Å². The first-order valence-electron chi connectivity index (χ1n) is 50.1. The standard InChI is InChI=1S/C132H71B3N6O3/c1-3-25-76-63-85(54-47-72(76)21-1)136-111-59-52-83-61-79(80-53-60-115-101(65-80)104-69-113-125-121(132(104)144-115)100-39-20-36-95-92-32-10-14-41-109(92)140(128(95)100)133(125)105-58-51-75-24-6-8-29-89(75)129(105)138(113)107-43-17-27-74-23-5-7-28-87(74)107)49-56-88(83)122(111)135-124-103(97-38-19-35-94-91-31-11-15-42-110(91)141(135)127(94)97)71-118-120(131(124)136)99-57-50-82(68-116(99)143-118)78-45-46-81-67-112-106(66-84(81)62-78)134-123-102(96-37-18-34-93-90-30-9-13-40-108(90)139(134)126(93)96)70-117-119(98-33-12-16-44-114(98)142-117)130(123)137(112)86-55-48-73-22-2-4-26-77(73)64-86/h1-71H. The van der Waals surface area contributed by atoms with Crippen LogP contribution in [0.3, 0.4) is 0 Å². The van der Waals surface area contributed by atoms with Crippen molar-refractivity contribution in [2.45, 2.75) is 0 Å². The summed E-state index contributed by atoms with van der Waals surface area (Å²) in [4.78, 5) is 7.80. The largest absolute Gasteiger partial charge is 0.456 e. The molecule has 12 heteroatoms. The van der Waals surface area contributed by atoms with Gasteiger partial charge in [0, 0.05) is 148 Å². The van der Waals surface area contributed by atoms with Crippen molar-refractivity contribution in [1.82, 2.24) is 13.4 Å². The molecule has 6 aliphatic heterocycles. The van der Waals surface area contributed by atoms with Crippen molar-refractivity contribution < 1.29 is 13.3 Å². The van der Waals surface area contributed by atoms with Gasteiger partial charge in [0.25, 0.3) is 0 Å². The zero-order chi connectivity index (χ0) is 92.7. The third kappa shape index (κ3) is 9.46. The average molecular weight is 1820 g/mol. The molecule has 0 saturated heterocycles. The number of rotatable bonds is 5. The first kappa shape index (κ1) is 75.3. The van der Waals surface area contributed by atoms with Crippen LogP contribution in [0.4, 0.5) is 51.2 Å². The van der Waals surface area contributed by atoms with Crippen LogP contribution in [0.2, 0.25) is 0 Å². The van der Waals surface area contributed by atoms with Gasteiger partial charge in [-0.05, 0) is 241 Å². The van der Waals surface area contributed by atoms with Crippen molar-refractivity contribution in [3.63, 3.8) is 0 Å². The van der Waals surface area contributed by atoms with Gasteiger partial charge in [-0.2, -0.15) is 0 Å². The van der Waals surface area contributed by atoms with Crippen molar-refractivity contribution in [1.29, 1.82) is 0 Å². The molecule has 0 aliphatic carbocycles. The first-order valence-corrected chi connectivity index (χ1v) is 50.1. The highest BCUT2D eigenvalue weighted by molar-refractivity contribution is 6.93. The van der Waals surface area contributed by atoms with E-state index in [4.69, 9.17) is 13.3 Å². The lowest BCUT2D eigenvalue weighted by Crippen LogP contribution is -2.57. The van der Waals surface area contributed by atoms with Crippen LogP contribution in [0.5, 0.6) is 0 Å². The van der Waals surface area contributed by atoms with E-state index in [0.717, 1.165) is 155 Å². The Kier molecular flexibility index (Phi) is 14.0. The Labute approximate surface area is 822 Å². The van der Waals surface area contributed by atoms with E-state index in [-0.39, 0.29) is 20.5 Å². The number of para-hydroxylation sites is 7. The maximum Gasteiger partial charge on any atom is 0.333 e. The van der Waals surface area contributed by atoms with Gasteiger partial charge in [-0.3, -0.25) is 0 Å². The van der Waals surface area contributed by atoms with E-state index in [2.05, 4.69) is 459 Å². The van der Waals surface area contributed by atoms with Gasteiger partial charge in [-0.25, -0.2) is 0 Å². The van der Waals surface area contributed by atoms with Crippen LogP contribution in [0.25, 0.3) is 252 Å². The average Bonchev–Trinajstić information content (AvgIpc) is 1.32. The Morgan fingerprint density at radius 3 is 1.33 bits per heavy atom. The monoisotopic (exact) mass is 1820 g/mol. The molecular formula is C132H71B3N6O3. The topological polar surface area (TPSA) is 63.9 Å². The number of fused-ring (bicyclic) bond motifs is 41. The van der Waals surface area contributed by atoms with Crippen LogP contribution in [0, 0.1) is 0 Å². The Bertz CT molecular complexity index is 11300. The quantitative estimate of drug-likeness (QED) is 0.160. The number of furan rings is 3. The minimum absolute atomic E-state index is 0.176. The van der Waals surface area contributed by atoms with Crippen molar-refractivity contribution in [2.24, 2.45) is 0 Å². The predicted octanol–water partition coefficient (Wildman–Crippen LogP) is 31.2. The van der Waals surface area contributed by atoms with Gasteiger partial charge in [0.05, 0.1) is 33.5 Å². The summed E-state index contributed by atoms with van der Waals surface area (Å²) in [6, 6.07) is 163. The second-order valence-corrected chi connectivity index (χ2v) is 40.6. The molecule has 0 amide bonds. The van der Waals surface area contributed by atoms with Gasteiger partial charge in [0.15, 0.2) is 0 Å². The van der Waals surface area contributed by atoms with E-state index in [9.17, 15) is 0 Å². The van der Waals surface area contributed by atoms with E-state index in [0.29, 0.717) is 0 Å². The molecule has 0 saturated carbocycles. The van der Waals surface area contributed by atoms with E-state index in [1.54, 1.807) is 0 Å². The second kappa shape index (κ2) is 26.8. The Morgan fingerprint density at radius 2 is 0.653 bits per heavy atom. The Morgan fingerprint density at radius 1 is 0.188 bits per heavy atom. The van der Waals surface area contributed by atoms with E-state index in [1.165, 1.54) is 180 Å². The maximum absolute atomic E-state index is 7.68. The molecule has 0 atom stereocenters. The SMILES string of the molecule is c1ccc2cc(N3c4cc5ccc(-c6ccc7c(c6)oc6cc8c9c(c67)N(c6ccc7ccccc7c6)c6ccc7cc(-c%10ccc%11oc%12c%13c%14c(cc%12c%11c%10)N(c%10cccc%11ccccc%10%11)c%10c(ccc%11ccccc%10%11)B%14n%10c%11ccccc%11c%11cccc-%13c%11%10)ccc7c6B9n6c7ccccc7c7cccc-8c76)cc5cc4B4c5c(cc6oc7ccccc7c6c53)-c3cccc5c6ccccc6n4c35)ccc2c1. The molecular weight excluding hydrogens is 1750 g/mol. The molecule has 9 nitrogen and oxygen atoms in total. The third-order valence-electron chi connectivity index (χ3n) is 33.7. The van der Waals surface area contributed by atoms with Gasteiger partial charge < -0.3 is 41.4 Å². The van der Waals surface area contributed by atoms with E-state index in [1.807, 2.05) is 0 Å².